The number of aliphatic carboxylic acids is 1. The Bertz CT molecular complexity index is 2570. The number of ether oxygens (including phenoxy) is 12. The number of amides is 4. The number of carbonyl (C=O) groups is 5. The first-order chi connectivity index (χ1) is 42.1. The lowest BCUT2D eigenvalue weighted by atomic mass is 10.1. The molecule has 0 saturated carbocycles. The van der Waals surface area contributed by atoms with Gasteiger partial charge in [0.15, 0.2) is 10.2 Å². The van der Waals surface area contributed by atoms with E-state index in [2.05, 4.69) is 35.9 Å². The first kappa shape index (κ1) is 75.9. The summed E-state index contributed by atoms with van der Waals surface area (Å²) in [7, 11) is -3.85. The van der Waals surface area contributed by atoms with Crippen molar-refractivity contribution in [3.63, 3.8) is 0 Å². The summed E-state index contributed by atoms with van der Waals surface area (Å²) >= 11 is 1.08. The van der Waals surface area contributed by atoms with Crippen LogP contribution >= 0.6 is 11.3 Å². The first-order valence-electron chi connectivity index (χ1n) is 29.2. The third-order valence-corrected chi connectivity index (χ3v) is 14.5. The molecule has 1 aromatic carbocycles. The Morgan fingerprint density at radius 3 is 1.57 bits per heavy atom. The van der Waals surface area contributed by atoms with Crippen molar-refractivity contribution in [1.29, 1.82) is 0 Å². The van der Waals surface area contributed by atoms with Crippen LogP contribution in [0.25, 0.3) is 11.0 Å². The van der Waals surface area contributed by atoms with E-state index < -0.39 is 39.5 Å². The van der Waals surface area contributed by atoms with E-state index in [1.54, 1.807) is 13.0 Å². The lowest BCUT2D eigenvalue weighted by Crippen LogP contribution is -2.47. The number of carboxylic acid groups (broad SMARTS) is 1. The minimum absolute atomic E-state index is 0.00176. The number of hydrogen-bond donors (Lipinski definition) is 6. The Kier molecular flexibility index (Phi) is 41.5. The topological polar surface area (TPSA) is 357 Å². The predicted octanol–water partition coefficient (Wildman–Crippen LogP) is 1.91. The van der Waals surface area contributed by atoms with Gasteiger partial charge in [0.2, 0.25) is 17.7 Å². The third kappa shape index (κ3) is 35.4. The zero-order valence-electron chi connectivity index (χ0n) is 50.7. The number of thiazole rings is 1. The number of carbonyl (C=O) groups excluding carboxylic acids is 4. The molecule has 0 fully saturated rings. The van der Waals surface area contributed by atoms with Crippen molar-refractivity contribution in [2.75, 3.05) is 202 Å². The maximum atomic E-state index is 13.3. The van der Waals surface area contributed by atoms with Crippen LogP contribution < -0.4 is 36.5 Å². The number of rotatable bonds is 56. The number of sulfonamides is 1. The summed E-state index contributed by atoms with van der Waals surface area (Å²) < 4.78 is 98.6. The van der Waals surface area contributed by atoms with Crippen LogP contribution in [0.2, 0.25) is 0 Å². The maximum Gasteiger partial charge on any atom is 0.349 e. The van der Waals surface area contributed by atoms with Crippen molar-refractivity contribution in [3.8, 4) is 0 Å². The molecule has 0 spiro atoms. The van der Waals surface area contributed by atoms with Crippen LogP contribution in [0, 0.1) is 6.92 Å². The Morgan fingerprint density at radius 1 is 0.621 bits per heavy atom. The third-order valence-electron chi connectivity index (χ3n) is 12.0. The highest BCUT2D eigenvalue weighted by molar-refractivity contribution is 7.89. The van der Waals surface area contributed by atoms with E-state index in [1.165, 1.54) is 13.0 Å². The van der Waals surface area contributed by atoms with Gasteiger partial charge in [0.25, 0.3) is 15.9 Å². The zero-order valence-corrected chi connectivity index (χ0v) is 52.3. The molecule has 494 valence electrons. The SMILES string of the molecule is CCN(CC)c1ccc2cc(C(=O)NCCCCC(NC(=O)CCOCCOCCOCCOCCOCCOCCOCCOCCNS(=O)(=O)c3nc(NC(C)=O)sc3C)C(=O)NCCOCCOCCOCCOCCC(=O)O)c(=O)oc2c1. The fourth-order valence-electron chi connectivity index (χ4n) is 7.60. The zero-order chi connectivity index (χ0) is 63.2. The average molecular weight is 1280 g/mol. The molecule has 0 aliphatic heterocycles. The fourth-order valence-corrected chi connectivity index (χ4v) is 9.94. The molecule has 3 aromatic rings. The molecule has 87 heavy (non-hydrogen) atoms. The summed E-state index contributed by atoms with van der Waals surface area (Å²) in [4.78, 5) is 80.4. The minimum atomic E-state index is -3.85. The van der Waals surface area contributed by atoms with Gasteiger partial charge in [-0.1, -0.05) is 0 Å². The smallest absolute Gasteiger partial charge is 0.349 e. The van der Waals surface area contributed by atoms with E-state index in [0.717, 1.165) is 30.1 Å². The fraction of sp³-hybridized carbons (Fsp3) is 0.696. The Morgan fingerprint density at radius 2 is 1.09 bits per heavy atom. The summed E-state index contributed by atoms with van der Waals surface area (Å²) in [6, 6.07) is 6.15. The number of benzene rings is 1. The number of hydrogen-bond acceptors (Lipinski definition) is 24. The Balaban J connectivity index is 1.19. The number of nitrogens with zero attached hydrogens (tertiary/aromatic N) is 2. The summed E-state index contributed by atoms with van der Waals surface area (Å²) in [5.41, 5.74) is 0.435. The molecule has 29 nitrogen and oxygen atoms in total. The molecule has 2 heterocycles. The van der Waals surface area contributed by atoms with Crippen molar-refractivity contribution in [1.82, 2.24) is 25.7 Å². The summed E-state index contributed by atoms with van der Waals surface area (Å²) in [6.45, 7) is 16.2. The van der Waals surface area contributed by atoms with E-state index in [4.69, 9.17) is 66.4 Å². The van der Waals surface area contributed by atoms with Crippen LogP contribution in [-0.2, 0) is 86.0 Å². The first-order valence-corrected chi connectivity index (χ1v) is 31.5. The second-order valence-corrected chi connectivity index (χ2v) is 21.6. The minimum Gasteiger partial charge on any atom is -0.481 e. The van der Waals surface area contributed by atoms with Crippen molar-refractivity contribution < 1.29 is 98.8 Å². The molecule has 0 radical (unpaired) electrons. The van der Waals surface area contributed by atoms with Crippen LogP contribution in [0.1, 0.15) is 68.1 Å². The largest absolute Gasteiger partial charge is 0.481 e. The van der Waals surface area contributed by atoms with Gasteiger partial charge in [0.05, 0.1) is 165 Å². The van der Waals surface area contributed by atoms with E-state index in [0.29, 0.717) is 128 Å². The lowest BCUT2D eigenvalue weighted by molar-refractivity contribution is -0.138. The van der Waals surface area contributed by atoms with Gasteiger partial charge in [-0.25, -0.2) is 22.9 Å². The van der Waals surface area contributed by atoms with Crippen molar-refractivity contribution in [3.05, 3.63) is 45.1 Å². The van der Waals surface area contributed by atoms with E-state index >= 15 is 0 Å². The standard InChI is InChI=1S/C56H91N7O22S2/c1-5-63(6-2)46-11-10-45-41-47(55(70)85-49(45)42-46)52(68)57-14-8-7-9-48(53(69)58-15-19-75-23-27-79-31-29-78-26-22-74-18-13-51(66)67)61-50(65)12-17-73-21-25-77-30-33-81-35-37-83-39-40-84-38-36-82-34-32-80-28-24-76-20-16-59-87(71,72)54-43(3)86-56(62-54)60-44(4)64/h10-11,41-42,48,59H,5-9,12-40H2,1-4H3,(H,57,68)(H,58,69)(H,61,65)(H,66,67)(H,60,62,64). The highest BCUT2D eigenvalue weighted by atomic mass is 32.2. The maximum absolute atomic E-state index is 13.3. The van der Waals surface area contributed by atoms with Crippen molar-refractivity contribution in [2.45, 2.75) is 70.9 Å². The molecule has 0 bridgehead atoms. The summed E-state index contributed by atoms with van der Waals surface area (Å²) in [6.07, 6.45) is 1.11. The van der Waals surface area contributed by atoms with Crippen LogP contribution in [0.5, 0.6) is 0 Å². The molecule has 0 saturated heterocycles. The molecule has 0 aliphatic carbocycles. The molecular weight excluding hydrogens is 1190 g/mol. The summed E-state index contributed by atoms with van der Waals surface area (Å²) in [5, 5.41) is 20.2. The van der Waals surface area contributed by atoms with Gasteiger partial charge >= 0.3 is 11.6 Å². The molecule has 31 heteroatoms. The van der Waals surface area contributed by atoms with Crippen LogP contribution in [0.15, 0.2) is 38.5 Å². The summed E-state index contributed by atoms with van der Waals surface area (Å²) in [5.74, 6) is -2.63. The average Bonchev–Trinajstić information content (AvgIpc) is 2.06. The van der Waals surface area contributed by atoms with Gasteiger partial charge in [-0.05, 0) is 58.2 Å². The number of aromatic nitrogens is 1. The second-order valence-electron chi connectivity index (χ2n) is 18.7. The van der Waals surface area contributed by atoms with Gasteiger partial charge in [-0.3, -0.25) is 24.0 Å². The van der Waals surface area contributed by atoms with Crippen LogP contribution in [0.4, 0.5) is 10.8 Å². The number of nitrogens with one attached hydrogen (secondary N) is 5. The molecule has 2 aromatic heterocycles. The molecule has 1 unspecified atom stereocenters. The Hall–Kier alpha value is -5.36. The molecule has 0 aliphatic rings. The molecular formula is C56H91N7O22S2. The highest BCUT2D eigenvalue weighted by Gasteiger charge is 2.23. The van der Waals surface area contributed by atoms with Crippen molar-refractivity contribution >= 4 is 72.7 Å². The lowest BCUT2D eigenvalue weighted by Gasteiger charge is -2.21. The van der Waals surface area contributed by atoms with Gasteiger partial charge in [0, 0.05) is 68.1 Å². The monoisotopic (exact) mass is 1280 g/mol. The normalized spacial score (nSPS) is 11.9. The predicted molar refractivity (Wildman–Crippen MR) is 320 cm³/mol. The number of anilines is 2. The van der Waals surface area contributed by atoms with Crippen molar-refractivity contribution in [2.24, 2.45) is 0 Å². The quantitative estimate of drug-likeness (QED) is 0.0347. The van der Waals surface area contributed by atoms with E-state index in [-0.39, 0.29) is 126 Å². The van der Waals surface area contributed by atoms with Crippen LogP contribution in [0.3, 0.4) is 0 Å². The Labute approximate surface area is 512 Å². The number of carboxylic acids is 1. The molecule has 6 N–H and O–H groups in total. The van der Waals surface area contributed by atoms with E-state index in [1.807, 2.05) is 26.0 Å². The van der Waals surface area contributed by atoms with Gasteiger partial charge in [-0.15, -0.1) is 11.3 Å². The van der Waals surface area contributed by atoms with Gasteiger partial charge in [-0.2, -0.15) is 0 Å². The van der Waals surface area contributed by atoms with Gasteiger partial charge < -0.3 is 92.5 Å². The van der Waals surface area contributed by atoms with Crippen LogP contribution in [-0.4, -0.2) is 245 Å². The molecule has 4 amide bonds. The van der Waals surface area contributed by atoms with Gasteiger partial charge in [0.1, 0.15) is 17.2 Å². The molecule has 3 rings (SSSR count). The number of unbranched alkanes of at least 4 members (excludes halogenated alkanes) is 1. The highest BCUT2D eigenvalue weighted by Crippen LogP contribution is 2.25. The number of fused-ring (bicyclic) bond motifs is 1. The number of aryl methyl sites for hydroxylation is 1. The van der Waals surface area contributed by atoms with E-state index in [9.17, 15) is 37.2 Å². The second kappa shape index (κ2) is 47.6. The molecule has 1 atom stereocenters.